The largest absolute Gasteiger partial charge is 0.298 e. The summed E-state index contributed by atoms with van der Waals surface area (Å²) >= 11 is 0. The molecule has 130 valence electrons. The van der Waals surface area contributed by atoms with Gasteiger partial charge in [0.25, 0.3) is 5.56 Å². The summed E-state index contributed by atoms with van der Waals surface area (Å²) in [7, 11) is -2.32. The first-order chi connectivity index (χ1) is 11.8. The van der Waals surface area contributed by atoms with Crippen LogP contribution in [0.2, 0.25) is 0 Å². The van der Waals surface area contributed by atoms with E-state index in [2.05, 4.69) is 9.71 Å². The highest BCUT2D eigenvalue weighted by molar-refractivity contribution is 7.89. The molecule has 0 aliphatic rings. The second-order valence-corrected chi connectivity index (χ2v) is 7.38. The predicted molar refractivity (Wildman–Crippen MR) is 92.1 cm³/mol. The van der Waals surface area contributed by atoms with E-state index in [9.17, 15) is 17.6 Å². The lowest BCUT2D eigenvalue weighted by molar-refractivity contribution is 0.574. The maximum Gasteiger partial charge on any atom is 0.261 e. The van der Waals surface area contributed by atoms with Crippen molar-refractivity contribution in [2.75, 3.05) is 0 Å². The molecule has 0 atom stereocenters. The molecule has 0 aliphatic carbocycles. The van der Waals surface area contributed by atoms with E-state index in [0.717, 1.165) is 12.1 Å². The molecule has 2 aromatic carbocycles. The Balaban J connectivity index is 1.94. The van der Waals surface area contributed by atoms with Crippen LogP contribution in [0, 0.1) is 12.7 Å². The average Bonchev–Trinajstić information content (AvgIpc) is 2.56. The smallest absolute Gasteiger partial charge is 0.261 e. The summed E-state index contributed by atoms with van der Waals surface area (Å²) in [5.41, 5.74) is 0.545. The number of halogens is 1. The molecule has 3 rings (SSSR count). The number of hydrogen-bond acceptors (Lipinski definition) is 4. The van der Waals surface area contributed by atoms with Gasteiger partial charge in [0.05, 0.1) is 22.3 Å². The lowest BCUT2D eigenvalue weighted by Crippen LogP contribution is -2.30. The van der Waals surface area contributed by atoms with Crippen molar-refractivity contribution in [1.29, 1.82) is 0 Å². The number of nitrogens with one attached hydrogen (secondary N) is 1. The molecule has 0 saturated heterocycles. The zero-order valence-corrected chi connectivity index (χ0v) is 14.5. The van der Waals surface area contributed by atoms with Crippen LogP contribution in [0.5, 0.6) is 0 Å². The van der Waals surface area contributed by atoms with E-state index < -0.39 is 15.8 Å². The molecular weight excluding hydrogens is 345 g/mol. The molecule has 0 radical (unpaired) electrons. The van der Waals surface area contributed by atoms with Gasteiger partial charge in [0.1, 0.15) is 11.6 Å². The number of benzene rings is 2. The molecule has 8 heteroatoms. The molecule has 1 heterocycles. The van der Waals surface area contributed by atoms with Crippen molar-refractivity contribution < 1.29 is 12.8 Å². The summed E-state index contributed by atoms with van der Waals surface area (Å²) in [5, 5.41) is 0.464. The number of fused-ring (bicyclic) bond motifs is 1. The van der Waals surface area contributed by atoms with Crippen molar-refractivity contribution in [2.24, 2.45) is 7.05 Å². The Kier molecular flexibility index (Phi) is 4.40. The number of aromatic nitrogens is 2. The second-order valence-electron chi connectivity index (χ2n) is 5.64. The van der Waals surface area contributed by atoms with Gasteiger partial charge in [-0.3, -0.25) is 9.36 Å². The van der Waals surface area contributed by atoms with E-state index >= 15 is 0 Å². The van der Waals surface area contributed by atoms with Gasteiger partial charge in [-0.1, -0.05) is 12.1 Å². The van der Waals surface area contributed by atoms with Crippen molar-refractivity contribution in [3.8, 4) is 0 Å². The number of rotatable bonds is 4. The lowest BCUT2D eigenvalue weighted by atomic mass is 10.2. The fraction of sp³-hybridized carbons (Fsp3) is 0.176. The Hall–Kier alpha value is -2.58. The van der Waals surface area contributed by atoms with Crippen LogP contribution < -0.4 is 10.3 Å². The molecule has 0 spiro atoms. The van der Waals surface area contributed by atoms with Gasteiger partial charge in [0.2, 0.25) is 10.0 Å². The van der Waals surface area contributed by atoms with Gasteiger partial charge in [0.15, 0.2) is 0 Å². The standard InChI is InChI=1S/C17H16FN3O3S/c1-11-9-12(18)7-8-15(11)25(23,24)19-10-16-20-14-6-4-3-5-13(14)17(22)21(16)2/h3-9,19H,10H2,1-2H3. The Morgan fingerprint density at radius 1 is 1.20 bits per heavy atom. The minimum absolute atomic E-state index is 0.0142. The van der Waals surface area contributed by atoms with Crippen molar-refractivity contribution in [1.82, 2.24) is 14.3 Å². The molecule has 1 N–H and O–H groups in total. The topological polar surface area (TPSA) is 81.1 Å². The molecule has 0 bridgehead atoms. The van der Waals surface area contributed by atoms with Gasteiger partial charge in [0, 0.05) is 7.05 Å². The van der Waals surface area contributed by atoms with Gasteiger partial charge < -0.3 is 0 Å². The summed E-state index contributed by atoms with van der Waals surface area (Å²) in [6.07, 6.45) is 0. The molecule has 3 aromatic rings. The SMILES string of the molecule is Cc1cc(F)ccc1S(=O)(=O)NCc1nc2ccccc2c(=O)n1C. The fourth-order valence-electron chi connectivity index (χ4n) is 2.57. The van der Waals surface area contributed by atoms with Gasteiger partial charge in [-0.25, -0.2) is 22.5 Å². The van der Waals surface area contributed by atoms with Gasteiger partial charge >= 0.3 is 0 Å². The molecule has 25 heavy (non-hydrogen) atoms. The Morgan fingerprint density at radius 2 is 1.92 bits per heavy atom. The summed E-state index contributed by atoms with van der Waals surface area (Å²) in [4.78, 5) is 16.7. The monoisotopic (exact) mass is 361 g/mol. The third-order valence-corrected chi connectivity index (χ3v) is 5.48. The molecule has 1 aromatic heterocycles. The third-order valence-electron chi connectivity index (χ3n) is 3.92. The number of para-hydroxylation sites is 1. The van der Waals surface area contributed by atoms with E-state index in [-0.39, 0.29) is 22.8 Å². The molecule has 0 fully saturated rings. The van der Waals surface area contributed by atoms with Crippen LogP contribution in [0.25, 0.3) is 10.9 Å². The van der Waals surface area contributed by atoms with E-state index in [1.807, 2.05) is 0 Å². The highest BCUT2D eigenvalue weighted by Crippen LogP contribution is 2.16. The van der Waals surface area contributed by atoms with Crippen LogP contribution in [0.15, 0.2) is 52.2 Å². The normalized spacial score (nSPS) is 11.8. The van der Waals surface area contributed by atoms with Crippen LogP contribution in [-0.4, -0.2) is 18.0 Å². The van der Waals surface area contributed by atoms with Crippen molar-refractivity contribution in [3.05, 3.63) is 70.0 Å². The number of sulfonamides is 1. The van der Waals surface area contributed by atoms with Crippen LogP contribution in [0.4, 0.5) is 4.39 Å². The fourth-order valence-corrected chi connectivity index (χ4v) is 3.78. The number of hydrogen-bond donors (Lipinski definition) is 1. The highest BCUT2D eigenvalue weighted by atomic mass is 32.2. The number of aryl methyl sites for hydroxylation is 1. The maximum absolute atomic E-state index is 13.2. The van der Waals surface area contributed by atoms with Gasteiger partial charge in [-0.15, -0.1) is 0 Å². The van der Waals surface area contributed by atoms with Crippen LogP contribution in [0.3, 0.4) is 0 Å². The Labute approximate surface area is 144 Å². The minimum Gasteiger partial charge on any atom is -0.298 e. The van der Waals surface area contributed by atoms with Crippen molar-refractivity contribution >= 4 is 20.9 Å². The zero-order chi connectivity index (χ0) is 18.2. The highest BCUT2D eigenvalue weighted by Gasteiger charge is 2.18. The molecule has 0 unspecified atom stereocenters. The van der Waals surface area contributed by atoms with E-state index in [1.165, 1.54) is 24.6 Å². The van der Waals surface area contributed by atoms with E-state index in [4.69, 9.17) is 0 Å². The van der Waals surface area contributed by atoms with Crippen LogP contribution >= 0.6 is 0 Å². The summed E-state index contributed by atoms with van der Waals surface area (Å²) in [6.45, 7) is 1.36. The minimum atomic E-state index is -3.86. The first-order valence-corrected chi connectivity index (χ1v) is 8.98. The van der Waals surface area contributed by atoms with E-state index in [0.29, 0.717) is 16.5 Å². The lowest BCUT2D eigenvalue weighted by Gasteiger charge is -2.12. The first-order valence-electron chi connectivity index (χ1n) is 7.50. The van der Waals surface area contributed by atoms with Gasteiger partial charge in [-0.2, -0.15) is 0 Å². The first kappa shape index (κ1) is 17.2. The molecule has 0 amide bonds. The quantitative estimate of drug-likeness (QED) is 0.769. The summed E-state index contributed by atoms with van der Waals surface area (Å²) in [6, 6.07) is 10.3. The zero-order valence-electron chi connectivity index (χ0n) is 13.7. The van der Waals surface area contributed by atoms with Crippen LogP contribution in [0.1, 0.15) is 11.4 Å². The van der Waals surface area contributed by atoms with Crippen molar-refractivity contribution in [2.45, 2.75) is 18.4 Å². The molecule has 0 aliphatic heterocycles. The van der Waals surface area contributed by atoms with E-state index in [1.54, 1.807) is 24.3 Å². The Bertz CT molecular complexity index is 1120. The van der Waals surface area contributed by atoms with Crippen molar-refractivity contribution in [3.63, 3.8) is 0 Å². The second kappa shape index (κ2) is 6.38. The summed E-state index contributed by atoms with van der Waals surface area (Å²) < 4.78 is 41.8. The van der Waals surface area contributed by atoms with Crippen LogP contribution in [-0.2, 0) is 23.6 Å². The molecule has 6 nitrogen and oxygen atoms in total. The maximum atomic E-state index is 13.2. The number of nitrogens with zero attached hydrogens (tertiary/aromatic N) is 2. The predicted octanol–water partition coefficient (Wildman–Crippen LogP) is 1.86. The Morgan fingerprint density at radius 3 is 2.64 bits per heavy atom. The summed E-state index contributed by atoms with van der Waals surface area (Å²) in [5.74, 6) is -0.220. The molecular formula is C17H16FN3O3S. The third kappa shape index (κ3) is 3.31. The average molecular weight is 361 g/mol. The van der Waals surface area contributed by atoms with Gasteiger partial charge in [-0.05, 0) is 42.8 Å². The molecule has 0 saturated carbocycles.